The highest BCUT2D eigenvalue weighted by Gasteiger charge is 2.34. The third-order valence-corrected chi connectivity index (χ3v) is 4.80. The van der Waals surface area contributed by atoms with Crippen LogP contribution in [0.2, 0.25) is 0 Å². The number of amidine groups is 1. The van der Waals surface area contributed by atoms with Gasteiger partial charge in [0.25, 0.3) is 0 Å². The molecule has 4 amide bonds. The average molecular weight is 418 g/mol. The number of hydrogen-bond acceptors (Lipinski definition) is 3. The number of benzene rings is 2. The van der Waals surface area contributed by atoms with E-state index in [1.807, 2.05) is 12.2 Å². The Balaban J connectivity index is 1.65. The Labute approximate surface area is 178 Å². The van der Waals surface area contributed by atoms with Crippen molar-refractivity contribution in [1.29, 1.82) is 0 Å². The summed E-state index contributed by atoms with van der Waals surface area (Å²) in [5.74, 6) is 0.0199. The Morgan fingerprint density at radius 1 is 1.23 bits per heavy atom. The highest BCUT2D eigenvalue weighted by atomic mass is 19.1. The number of amides is 4. The number of rotatable bonds is 4. The first-order valence-electron chi connectivity index (χ1n) is 9.56. The van der Waals surface area contributed by atoms with E-state index >= 15 is 0 Å². The van der Waals surface area contributed by atoms with E-state index in [-0.39, 0.29) is 18.2 Å². The van der Waals surface area contributed by atoms with Gasteiger partial charge in [0.2, 0.25) is 0 Å². The molecule has 0 radical (unpaired) electrons. The quantitative estimate of drug-likeness (QED) is 0.789. The van der Waals surface area contributed by atoms with Gasteiger partial charge in [0.15, 0.2) is 0 Å². The number of anilines is 1. The van der Waals surface area contributed by atoms with E-state index in [0.717, 1.165) is 0 Å². The van der Waals surface area contributed by atoms with Gasteiger partial charge in [-0.05, 0) is 35.9 Å². The molecule has 1 aliphatic carbocycles. The van der Waals surface area contributed by atoms with Crippen LogP contribution in [0.3, 0.4) is 0 Å². The van der Waals surface area contributed by atoms with Crippen molar-refractivity contribution in [3.63, 3.8) is 0 Å². The average Bonchev–Trinajstić information content (AvgIpc) is 2.77. The largest absolute Gasteiger partial charge is 0.497 e. The summed E-state index contributed by atoms with van der Waals surface area (Å²) in [4.78, 5) is 35.1. The molecule has 1 unspecified atom stereocenters. The normalized spacial score (nSPS) is 18.6. The molecule has 2 aromatic carbocycles. The summed E-state index contributed by atoms with van der Waals surface area (Å²) < 4.78 is 18.4. The highest BCUT2D eigenvalue weighted by Crippen LogP contribution is 2.24. The van der Waals surface area contributed by atoms with E-state index in [1.165, 1.54) is 24.1 Å². The number of allylic oxidation sites excluding steroid dienone is 3. The Bertz CT molecular complexity index is 1140. The van der Waals surface area contributed by atoms with Gasteiger partial charge in [-0.2, -0.15) is 9.98 Å². The molecule has 0 aromatic heterocycles. The van der Waals surface area contributed by atoms with Crippen LogP contribution in [0.5, 0.6) is 5.75 Å². The number of ether oxygens (including phenoxy) is 1. The lowest BCUT2D eigenvalue weighted by Crippen LogP contribution is -2.46. The molecule has 1 heterocycles. The summed E-state index contributed by atoms with van der Waals surface area (Å²) in [6.07, 6.45) is 7.12. The van der Waals surface area contributed by atoms with E-state index in [4.69, 9.17) is 4.74 Å². The SMILES string of the molecule is COc1cccc(NC(=O)/N=C2\C3C=CC=CC3=NC(=O)N2Cc2ccc(F)cc2)c1. The molecule has 1 N–H and O–H groups in total. The van der Waals surface area contributed by atoms with Crippen molar-refractivity contribution in [1.82, 2.24) is 4.90 Å². The lowest BCUT2D eigenvalue weighted by molar-refractivity contribution is 0.226. The molecule has 2 aromatic rings. The first kappa shape index (κ1) is 20.2. The van der Waals surface area contributed by atoms with Crippen molar-refractivity contribution in [3.8, 4) is 5.75 Å². The molecule has 0 saturated carbocycles. The number of fused-ring (bicyclic) bond motifs is 1. The van der Waals surface area contributed by atoms with Crippen LogP contribution >= 0.6 is 0 Å². The molecule has 2 aliphatic rings. The molecule has 31 heavy (non-hydrogen) atoms. The fraction of sp³-hybridized carbons (Fsp3) is 0.130. The minimum absolute atomic E-state index is 0.106. The van der Waals surface area contributed by atoms with Gasteiger partial charge in [-0.25, -0.2) is 14.0 Å². The van der Waals surface area contributed by atoms with Crippen LogP contribution in [0.25, 0.3) is 0 Å². The molecule has 0 saturated heterocycles. The van der Waals surface area contributed by atoms with Crippen molar-refractivity contribution in [2.75, 3.05) is 12.4 Å². The van der Waals surface area contributed by atoms with Crippen molar-refractivity contribution >= 4 is 29.3 Å². The topological polar surface area (TPSA) is 83.4 Å². The maximum Gasteiger partial charge on any atom is 0.349 e. The number of carbonyl (C=O) groups is 2. The Hall–Kier alpha value is -4.07. The highest BCUT2D eigenvalue weighted by molar-refractivity contribution is 6.24. The number of nitrogens with one attached hydrogen (secondary N) is 1. The smallest absolute Gasteiger partial charge is 0.349 e. The van der Waals surface area contributed by atoms with Gasteiger partial charge in [0.05, 0.1) is 25.3 Å². The molecule has 0 fully saturated rings. The maximum absolute atomic E-state index is 13.3. The summed E-state index contributed by atoms with van der Waals surface area (Å²) in [5.41, 5.74) is 1.70. The van der Waals surface area contributed by atoms with Crippen LogP contribution in [-0.2, 0) is 6.54 Å². The molecule has 1 atom stereocenters. The molecule has 8 heteroatoms. The lowest BCUT2D eigenvalue weighted by atomic mass is 9.94. The standard InChI is InChI=1S/C23H19FN4O3/c1-31-18-6-4-5-17(13-18)25-22(29)27-21-19-7-2-3-8-20(19)26-23(30)28(21)14-15-9-11-16(24)12-10-15/h2-13,19H,14H2,1H3,(H,25,29)/b27-21+. The van der Waals surface area contributed by atoms with Crippen molar-refractivity contribution in [2.24, 2.45) is 15.9 Å². The summed E-state index contributed by atoms with van der Waals surface area (Å²) in [6.45, 7) is 0.106. The van der Waals surface area contributed by atoms with Crippen LogP contribution < -0.4 is 10.1 Å². The molecule has 0 spiro atoms. The lowest BCUT2D eigenvalue weighted by Gasteiger charge is -2.31. The van der Waals surface area contributed by atoms with Crippen LogP contribution in [0.15, 0.2) is 82.8 Å². The molecular weight excluding hydrogens is 399 g/mol. The van der Waals surface area contributed by atoms with Gasteiger partial charge in [0.1, 0.15) is 17.4 Å². The number of halogens is 1. The van der Waals surface area contributed by atoms with E-state index in [9.17, 15) is 14.0 Å². The summed E-state index contributed by atoms with van der Waals surface area (Å²) in [6, 6.07) is 11.5. The molecular formula is C23H19FN4O3. The van der Waals surface area contributed by atoms with Crippen LogP contribution in [0.4, 0.5) is 19.7 Å². The summed E-state index contributed by atoms with van der Waals surface area (Å²) >= 11 is 0. The van der Waals surface area contributed by atoms with E-state index in [1.54, 1.807) is 48.6 Å². The van der Waals surface area contributed by atoms with Crippen molar-refractivity contribution < 1.29 is 18.7 Å². The van der Waals surface area contributed by atoms with Gasteiger partial charge in [-0.15, -0.1) is 0 Å². The minimum atomic E-state index is -0.635. The van der Waals surface area contributed by atoms with Gasteiger partial charge < -0.3 is 10.1 Å². The maximum atomic E-state index is 13.3. The predicted molar refractivity (Wildman–Crippen MR) is 116 cm³/mol. The van der Waals surface area contributed by atoms with Gasteiger partial charge >= 0.3 is 12.1 Å². The zero-order chi connectivity index (χ0) is 21.8. The van der Waals surface area contributed by atoms with Gasteiger partial charge in [-0.1, -0.05) is 36.4 Å². The fourth-order valence-electron chi connectivity index (χ4n) is 3.30. The minimum Gasteiger partial charge on any atom is -0.497 e. The number of urea groups is 2. The Kier molecular flexibility index (Phi) is 5.70. The fourth-order valence-corrected chi connectivity index (χ4v) is 3.30. The second-order valence-electron chi connectivity index (χ2n) is 6.89. The monoisotopic (exact) mass is 418 g/mol. The van der Waals surface area contributed by atoms with Crippen molar-refractivity contribution in [2.45, 2.75) is 6.54 Å². The number of methoxy groups -OCH3 is 1. The molecule has 7 nitrogen and oxygen atoms in total. The predicted octanol–water partition coefficient (Wildman–Crippen LogP) is 4.58. The Morgan fingerprint density at radius 3 is 2.81 bits per heavy atom. The van der Waals surface area contributed by atoms with Gasteiger partial charge in [0, 0.05) is 11.8 Å². The molecule has 4 rings (SSSR count). The number of nitrogens with zero attached hydrogens (tertiary/aromatic N) is 3. The van der Waals surface area contributed by atoms with Crippen LogP contribution in [0, 0.1) is 11.7 Å². The third-order valence-electron chi connectivity index (χ3n) is 4.80. The van der Waals surface area contributed by atoms with E-state index in [0.29, 0.717) is 22.7 Å². The van der Waals surface area contributed by atoms with Gasteiger partial charge in [-0.3, -0.25) is 4.90 Å². The third kappa shape index (κ3) is 4.58. The number of hydrogen-bond donors (Lipinski definition) is 1. The van der Waals surface area contributed by atoms with Crippen molar-refractivity contribution in [3.05, 3.63) is 84.2 Å². The van der Waals surface area contributed by atoms with E-state index in [2.05, 4.69) is 15.3 Å². The molecule has 0 bridgehead atoms. The van der Waals surface area contributed by atoms with Crippen LogP contribution in [0.1, 0.15) is 5.56 Å². The number of aliphatic imine (C=N–C) groups is 2. The molecule has 156 valence electrons. The second kappa shape index (κ2) is 8.74. The van der Waals surface area contributed by atoms with Crippen LogP contribution in [-0.4, -0.2) is 35.6 Å². The number of carbonyl (C=O) groups excluding carboxylic acids is 2. The zero-order valence-corrected chi connectivity index (χ0v) is 16.7. The first-order valence-corrected chi connectivity index (χ1v) is 9.56. The summed E-state index contributed by atoms with van der Waals surface area (Å²) in [5, 5.41) is 2.69. The second-order valence-corrected chi connectivity index (χ2v) is 6.89. The summed E-state index contributed by atoms with van der Waals surface area (Å²) in [7, 11) is 1.53. The van der Waals surface area contributed by atoms with E-state index < -0.39 is 18.0 Å². The molecule has 1 aliphatic heterocycles. The zero-order valence-electron chi connectivity index (χ0n) is 16.7. The first-order chi connectivity index (χ1) is 15.0. The Morgan fingerprint density at radius 2 is 2.03 bits per heavy atom.